The number of pyridine rings is 1. The molecular weight excluding hydrogens is 321 g/mol. The molecule has 0 spiro atoms. The maximum Gasteiger partial charge on any atom is 0.230 e. The molecule has 0 bridgehead atoms. The van der Waals surface area contributed by atoms with Crippen LogP contribution in [0.15, 0.2) is 17.4 Å². The van der Waals surface area contributed by atoms with Crippen molar-refractivity contribution in [1.29, 1.82) is 5.26 Å². The number of halogens is 2. The Morgan fingerprint density at radius 3 is 3.05 bits per heavy atom. The van der Waals surface area contributed by atoms with Crippen molar-refractivity contribution in [3.8, 4) is 6.07 Å². The van der Waals surface area contributed by atoms with Crippen LogP contribution in [0.1, 0.15) is 6.42 Å². The standard InChI is InChI=1S/C11H9Cl2N5OS/c12-7-4-8(13)10-16-17-11(18(10)5-7)20-6-9(19)15-3-1-2-14/h4-5H,1,3,6H2,(H,15,19). The average Bonchev–Trinajstić information content (AvgIpc) is 2.80. The molecule has 104 valence electrons. The zero-order valence-electron chi connectivity index (χ0n) is 10.1. The van der Waals surface area contributed by atoms with Gasteiger partial charge in [0.1, 0.15) is 0 Å². The first kappa shape index (κ1) is 14.9. The molecule has 0 saturated carbocycles. The van der Waals surface area contributed by atoms with Crippen molar-refractivity contribution in [1.82, 2.24) is 19.9 Å². The van der Waals surface area contributed by atoms with E-state index < -0.39 is 0 Å². The first-order valence-electron chi connectivity index (χ1n) is 5.58. The van der Waals surface area contributed by atoms with Crippen molar-refractivity contribution >= 4 is 46.5 Å². The fourth-order valence-electron chi connectivity index (χ4n) is 1.44. The Bertz CT molecular complexity index is 681. The summed E-state index contributed by atoms with van der Waals surface area (Å²) in [4.78, 5) is 11.5. The highest BCUT2D eigenvalue weighted by molar-refractivity contribution is 7.99. The number of thioether (sulfide) groups is 1. The quantitative estimate of drug-likeness (QED) is 0.671. The van der Waals surface area contributed by atoms with Gasteiger partial charge in [-0.15, -0.1) is 10.2 Å². The summed E-state index contributed by atoms with van der Waals surface area (Å²) in [7, 11) is 0. The lowest BCUT2D eigenvalue weighted by atomic mass is 10.4. The van der Waals surface area contributed by atoms with Crippen LogP contribution in [0.2, 0.25) is 10.0 Å². The summed E-state index contributed by atoms with van der Waals surface area (Å²) < 4.78 is 1.64. The third-order valence-corrected chi connectivity index (χ3v) is 3.71. The van der Waals surface area contributed by atoms with Crippen molar-refractivity contribution in [2.45, 2.75) is 11.6 Å². The Morgan fingerprint density at radius 2 is 2.30 bits per heavy atom. The lowest BCUT2D eigenvalue weighted by Crippen LogP contribution is -2.25. The Labute approximate surface area is 129 Å². The molecule has 2 aromatic rings. The van der Waals surface area contributed by atoms with E-state index in [0.29, 0.717) is 27.4 Å². The maximum atomic E-state index is 11.5. The highest BCUT2D eigenvalue weighted by Gasteiger charge is 2.12. The van der Waals surface area contributed by atoms with Gasteiger partial charge in [-0.2, -0.15) is 5.26 Å². The van der Waals surface area contributed by atoms with Gasteiger partial charge in [-0.1, -0.05) is 35.0 Å². The van der Waals surface area contributed by atoms with Gasteiger partial charge < -0.3 is 5.32 Å². The summed E-state index contributed by atoms with van der Waals surface area (Å²) in [5.74, 6) is 0.00576. The fourth-order valence-corrected chi connectivity index (χ4v) is 2.69. The van der Waals surface area contributed by atoms with Crippen LogP contribution in [-0.2, 0) is 4.79 Å². The molecule has 0 atom stereocenters. The second kappa shape index (κ2) is 6.79. The van der Waals surface area contributed by atoms with E-state index in [1.807, 2.05) is 6.07 Å². The molecular formula is C11H9Cl2N5OS. The van der Waals surface area contributed by atoms with Crippen molar-refractivity contribution in [2.75, 3.05) is 12.3 Å². The molecule has 20 heavy (non-hydrogen) atoms. The van der Waals surface area contributed by atoms with Gasteiger partial charge in [-0.3, -0.25) is 9.20 Å². The molecule has 2 aromatic heterocycles. The van der Waals surface area contributed by atoms with Crippen LogP contribution in [0.5, 0.6) is 0 Å². The number of fused-ring (bicyclic) bond motifs is 1. The van der Waals surface area contributed by atoms with Gasteiger partial charge in [0.05, 0.1) is 28.3 Å². The molecule has 1 N–H and O–H groups in total. The van der Waals surface area contributed by atoms with Crippen molar-refractivity contribution < 1.29 is 4.79 Å². The number of nitriles is 1. The zero-order valence-corrected chi connectivity index (χ0v) is 12.5. The van der Waals surface area contributed by atoms with Crippen molar-refractivity contribution in [2.24, 2.45) is 0 Å². The maximum absolute atomic E-state index is 11.5. The summed E-state index contributed by atoms with van der Waals surface area (Å²) in [5.41, 5.74) is 0.489. The lowest BCUT2D eigenvalue weighted by Gasteiger charge is -2.02. The van der Waals surface area contributed by atoms with Crippen LogP contribution in [0.25, 0.3) is 5.65 Å². The smallest absolute Gasteiger partial charge is 0.230 e. The van der Waals surface area contributed by atoms with Gasteiger partial charge in [0, 0.05) is 12.7 Å². The van der Waals surface area contributed by atoms with Gasteiger partial charge in [-0.25, -0.2) is 0 Å². The van der Waals surface area contributed by atoms with E-state index in [1.165, 1.54) is 11.8 Å². The molecule has 0 fully saturated rings. The van der Waals surface area contributed by atoms with E-state index in [2.05, 4.69) is 15.5 Å². The van der Waals surface area contributed by atoms with E-state index in [4.69, 9.17) is 28.5 Å². The molecule has 0 aliphatic heterocycles. The number of hydrogen-bond acceptors (Lipinski definition) is 5. The SMILES string of the molecule is N#CCCNC(=O)CSc1nnc2c(Cl)cc(Cl)cn12. The first-order chi connectivity index (χ1) is 9.61. The van der Waals surface area contributed by atoms with E-state index in [-0.39, 0.29) is 18.1 Å². The largest absolute Gasteiger partial charge is 0.354 e. The molecule has 1 amide bonds. The van der Waals surface area contributed by atoms with Gasteiger partial charge in [0.15, 0.2) is 10.8 Å². The van der Waals surface area contributed by atoms with Crippen LogP contribution >= 0.6 is 35.0 Å². The first-order valence-corrected chi connectivity index (χ1v) is 7.32. The Balaban J connectivity index is 2.04. The van der Waals surface area contributed by atoms with Gasteiger partial charge in [0.25, 0.3) is 0 Å². The number of nitrogens with zero attached hydrogens (tertiary/aromatic N) is 4. The molecule has 0 aliphatic rings. The number of amides is 1. The number of carbonyl (C=O) groups is 1. The summed E-state index contributed by atoms with van der Waals surface area (Å²) in [6.07, 6.45) is 1.92. The molecule has 2 rings (SSSR count). The van der Waals surface area contributed by atoms with Crippen LogP contribution < -0.4 is 5.32 Å². The van der Waals surface area contributed by atoms with Gasteiger partial charge in [-0.05, 0) is 6.07 Å². The van der Waals surface area contributed by atoms with Crippen LogP contribution in [0, 0.1) is 11.3 Å². The number of rotatable bonds is 5. The second-order valence-corrected chi connectivity index (χ2v) is 5.52. The van der Waals surface area contributed by atoms with Gasteiger partial charge in [0.2, 0.25) is 5.91 Å². The summed E-state index contributed by atoms with van der Waals surface area (Å²) >= 11 is 13.1. The highest BCUT2D eigenvalue weighted by atomic mass is 35.5. The van der Waals surface area contributed by atoms with Crippen LogP contribution in [0.4, 0.5) is 0 Å². The van der Waals surface area contributed by atoms with Crippen molar-refractivity contribution in [3.05, 3.63) is 22.3 Å². The predicted molar refractivity (Wildman–Crippen MR) is 77.0 cm³/mol. The third-order valence-electron chi connectivity index (χ3n) is 2.29. The number of nitrogens with one attached hydrogen (secondary N) is 1. The zero-order chi connectivity index (χ0) is 14.5. The Morgan fingerprint density at radius 1 is 1.50 bits per heavy atom. The summed E-state index contributed by atoms with van der Waals surface area (Å²) in [5, 5.41) is 20.3. The molecule has 0 aliphatic carbocycles. The number of carbonyl (C=O) groups excluding carboxylic acids is 1. The lowest BCUT2D eigenvalue weighted by molar-refractivity contribution is -0.118. The second-order valence-electron chi connectivity index (χ2n) is 3.73. The molecule has 0 aromatic carbocycles. The van der Waals surface area contributed by atoms with Gasteiger partial charge >= 0.3 is 0 Å². The van der Waals surface area contributed by atoms with Crippen LogP contribution in [0.3, 0.4) is 0 Å². The molecule has 0 radical (unpaired) electrons. The van der Waals surface area contributed by atoms with E-state index >= 15 is 0 Å². The average molecular weight is 330 g/mol. The highest BCUT2D eigenvalue weighted by Crippen LogP contribution is 2.25. The number of aromatic nitrogens is 3. The minimum Gasteiger partial charge on any atom is -0.354 e. The molecule has 6 nitrogen and oxygen atoms in total. The number of hydrogen-bond donors (Lipinski definition) is 1. The monoisotopic (exact) mass is 329 g/mol. The molecule has 0 unspecified atom stereocenters. The topological polar surface area (TPSA) is 83.1 Å². The minimum atomic E-state index is -0.171. The van der Waals surface area contributed by atoms with Crippen LogP contribution in [-0.4, -0.2) is 32.8 Å². The van der Waals surface area contributed by atoms with E-state index in [0.717, 1.165) is 0 Å². The third kappa shape index (κ3) is 3.54. The fraction of sp³-hybridized carbons (Fsp3) is 0.273. The van der Waals surface area contributed by atoms with E-state index in [9.17, 15) is 4.79 Å². The molecule has 0 saturated heterocycles. The van der Waals surface area contributed by atoms with Crippen molar-refractivity contribution in [3.63, 3.8) is 0 Å². The van der Waals surface area contributed by atoms with E-state index in [1.54, 1.807) is 16.7 Å². The summed E-state index contributed by atoms with van der Waals surface area (Å²) in [6.45, 7) is 0.341. The predicted octanol–water partition coefficient (Wildman–Crippen LogP) is 2.16. The minimum absolute atomic E-state index is 0.171. The summed E-state index contributed by atoms with van der Waals surface area (Å²) in [6, 6.07) is 3.53. The Hall–Kier alpha value is -1.49. The molecule has 2 heterocycles. The normalized spacial score (nSPS) is 10.4. The Kier molecular flexibility index (Phi) is 5.06. The molecule has 9 heteroatoms.